The van der Waals surface area contributed by atoms with Gasteiger partial charge in [0.15, 0.2) is 0 Å². The summed E-state index contributed by atoms with van der Waals surface area (Å²) >= 11 is 0. The number of benzene rings is 1. The van der Waals surface area contributed by atoms with Gasteiger partial charge in [-0.05, 0) is 24.1 Å². The number of nitrogens with one attached hydrogen (secondary N) is 1. The molecule has 0 radical (unpaired) electrons. The van der Waals surface area contributed by atoms with E-state index in [2.05, 4.69) is 4.72 Å². The van der Waals surface area contributed by atoms with Crippen LogP contribution in [0.25, 0.3) is 6.08 Å². The van der Waals surface area contributed by atoms with E-state index in [0.29, 0.717) is 13.1 Å². The van der Waals surface area contributed by atoms with E-state index in [1.165, 1.54) is 0 Å². The Kier molecular flexibility index (Phi) is 5.34. The third kappa shape index (κ3) is 4.30. The monoisotopic (exact) mass is 254 g/mol. The van der Waals surface area contributed by atoms with Crippen LogP contribution in [0.15, 0.2) is 35.2 Å². The molecule has 1 aromatic rings. The zero-order chi connectivity index (χ0) is 12.7. The number of nitrogens with two attached hydrogens (primary N) is 1. The molecule has 1 rings (SSSR count). The van der Waals surface area contributed by atoms with Crippen LogP contribution in [-0.2, 0) is 10.0 Å². The van der Waals surface area contributed by atoms with E-state index < -0.39 is 10.0 Å². The molecule has 0 unspecified atom stereocenters. The zero-order valence-electron chi connectivity index (χ0n) is 9.89. The summed E-state index contributed by atoms with van der Waals surface area (Å²) in [5, 5.41) is 0. The van der Waals surface area contributed by atoms with Crippen molar-refractivity contribution in [3.63, 3.8) is 0 Å². The average molecular weight is 254 g/mol. The van der Waals surface area contributed by atoms with Crippen molar-refractivity contribution in [1.82, 2.24) is 4.72 Å². The second-order valence-corrected chi connectivity index (χ2v) is 5.38. The predicted molar refractivity (Wildman–Crippen MR) is 70.0 cm³/mol. The first-order valence-corrected chi connectivity index (χ1v) is 7.05. The maximum atomic E-state index is 11.9. The lowest BCUT2D eigenvalue weighted by Gasteiger charge is -2.06. The van der Waals surface area contributed by atoms with Crippen LogP contribution in [0.3, 0.4) is 0 Å². The highest BCUT2D eigenvalue weighted by molar-refractivity contribution is 7.89. The van der Waals surface area contributed by atoms with Gasteiger partial charge in [-0.3, -0.25) is 0 Å². The Labute approximate surface area is 103 Å². The standard InChI is InChI=1S/C12H18N2O2S/c1-2-9-14-17(15,16)12-7-3-5-11(10-12)6-4-8-13/h3-7,10,14H,2,8-9,13H2,1H3. The summed E-state index contributed by atoms with van der Waals surface area (Å²) in [6.07, 6.45) is 4.36. The van der Waals surface area contributed by atoms with Crippen molar-refractivity contribution in [2.45, 2.75) is 18.2 Å². The molecule has 0 saturated heterocycles. The van der Waals surface area contributed by atoms with Crippen molar-refractivity contribution < 1.29 is 8.42 Å². The SMILES string of the molecule is CCCNS(=O)(=O)c1cccc(C=CCN)c1. The highest BCUT2D eigenvalue weighted by Crippen LogP contribution is 2.12. The number of hydrogen-bond donors (Lipinski definition) is 2. The molecule has 3 N–H and O–H groups in total. The predicted octanol–water partition coefficient (Wildman–Crippen LogP) is 1.35. The fourth-order valence-electron chi connectivity index (χ4n) is 1.31. The van der Waals surface area contributed by atoms with Crippen LogP contribution in [0.5, 0.6) is 0 Å². The van der Waals surface area contributed by atoms with Gasteiger partial charge in [0.1, 0.15) is 0 Å². The Balaban J connectivity index is 2.94. The largest absolute Gasteiger partial charge is 0.327 e. The molecule has 0 aliphatic rings. The molecule has 0 fully saturated rings. The molecule has 0 aliphatic carbocycles. The molecule has 4 nitrogen and oxygen atoms in total. The van der Waals surface area contributed by atoms with Crippen molar-refractivity contribution >= 4 is 16.1 Å². The van der Waals surface area contributed by atoms with Crippen LogP contribution in [0.2, 0.25) is 0 Å². The lowest BCUT2D eigenvalue weighted by Crippen LogP contribution is -2.24. The minimum absolute atomic E-state index is 0.283. The van der Waals surface area contributed by atoms with Crippen molar-refractivity contribution in [3.8, 4) is 0 Å². The molecule has 0 aromatic heterocycles. The quantitative estimate of drug-likeness (QED) is 0.805. The summed E-state index contributed by atoms with van der Waals surface area (Å²) in [7, 11) is -3.39. The van der Waals surface area contributed by atoms with E-state index in [-0.39, 0.29) is 4.90 Å². The third-order valence-electron chi connectivity index (χ3n) is 2.16. The maximum Gasteiger partial charge on any atom is 0.240 e. The molecule has 17 heavy (non-hydrogen) atoms. The van der Waals surface area contributed by atoms with Crippen LogP contribution in [0.1, 0.15) is 18.9 Å². The molecular weight excluding hydrogens is 236 g/mol. The zero-order valence-corrected chi connectivity index (χ0v) is 10.7. The van der Waals surface area contributed by atoms with E-state index >= 15 is 0 Å². The van der Waals surface area contributed by atoms with Gasteiger partial charge in [0.25, 0.3) is 0 Å². The Morgan fingerprint density at radius 3 is 2.82 bits per heavy atom. The van der Waals surface area contributed by atoms with Crippen molar-refractivity contribution in [1.29, 1.82) is 0 Å². The van der Waals surface area contributed by atoms with E-state index in [4.69, 9.17) is 5.73 Å². The molecule has 0 atom stereocenters. The average Bonchev–Trinajstić information content (AvgIpc) is 2.34. The second kappa shape index (κ2) is 6.54. The Morgan fingerprint density at radius 1 is 1.41 bits per heavy atom. The summed E-state index contributed by atoms with van der Waals surface area (Å²) in [6.45, 7) is 2.80. The smallest absolute Gasteiger partial charge is 0.240 e. The molecule has 1 aromatic carbocycles. The topological polar surface area (TPSA) is 72.2 Å². The van der Waals surface area contributed by atoms with E-state index in [0.717, 1.165) is 12.0 Å². The highest BCUT2D eigenvalue weighted by Gasteiger charge is 2.12. The molecule has 0 amide bonds. The first kappa shape index (κ1) is 13.9. The van der Waals surface area contributed by atoms with Gasteiger partial charge in [-0.2, -0.15) is 0 Å². The van der Waals surface area contributed by atoms with E-state index in [1.807, 2.05) is 13.0 Å². The van der Waals surface area contributed by atoms with Crippen molar-refractivity contribution in [3.05, 3.63) is 35.9 Å². The lowest BCUT2D eigenvalue weighted by atomic mass is 10.2. The Hall–Kier alpha value is -1.17. The van der Waals surface area contributed by atoms with Crippen LogP contribution in [0.4, 0.5) is 0 Å². The fourth-order valence-corrected chi connectivity index (χ4v) is 2.50. The summed E-state index contributed by atoms with van der Waals surface area (Å²) < 4.78 is 26.2. The normalized spacial score (nSPS) is 12.1. The molecule has 0 heterocycles. The maximum absolute atomic E-state index is 11.9. The summed E-state index contributed by atoms with van der Waals surface area (Å²) in [5.41, 5.74) is 6.18. The highest BCUT2D eigenvalue weighted by atomic mass is 32.2. The molecular formula is C12H18N2O2S. The first-order chi connectivity index (χ1) is 8.10. The lowest BCUT2D eigenvalue weighted by molar-refractivity contribution is 0.581. The van der Waals surface area contributed by atoms with Crippen LogP contribution < -0.4 is 10.5 Å². The van der Waals surface area contributed by atoms with Crippen LogP contribution in [-0.4, -0.2) is 21.5 Å². The van der Waals surface area contributed by atoms with Crippen molar-refractivity contribution in [2.75, 3.05) is 13.1 Å². The molecule has 0 aliphatic heterocycles. The third-order valence-corrected chi connectivity index (χ3v) is 3.62. The second-order valence-electron chi connectivity index (χ2n) is 3.61. The van der Waals surface area contributed by atoms with Gasteiger partial charge >= 0.3 is 0 Å². The fraction of sp³-hybridized carbons (Fsp3) is 0.333. The van der Waals surface area contributed by atoms with Crippen molar-refractivity contribution in [2.24, 2.45) is 5.73 Å². The van der Waals surface area contributed by atoms with Crippen LogP contribution >= 0.6 is 0 Å². The number of rotatable bonds is 6. The van der Waals surface area contributed by atoms with Gasteiger partial charge in [0, 0.05) is 13.1 Å². The Morgan fingerprint density at radius 2 is 2.18 bits per heavy atom. The van der Waals surface area contributed by atoms with Gasteiger partial charge in [-0.15, -0.1) is 0 Å². The summed E-state index contributed by atoms with van der Waals surface area (Å²) in [4.78, 5) is 0.283. The van der Waals surface area contributed by atoms with E-state index in [9.17, 15) is 8.42 Å². The molecule has 5 heteroatoms. The number of sulfonamides is 1. The van der Waals surface area contributed by atoms with E-state index in [1.54, 1.807) is 30.4 Å². The molecule has 94 valence electrons. The van der Waals surface area contributed by atoms with Crippen LogP contribution in [0, 0.1) is 0 Å². The van der Waals surface area contributed by atoms with Gasteiger partial charge < -0.3 is 5.73 Å². The van der Waals surface area contributed by atoms with Gasteiger partial charge in [-0.1, -0.05) is 31.2 Å². The number of hydrogen-bond acceptors (Lipinski definition) is 3. The first-order valence-electron chi connectivity index (χ1n) is 5.56. The summed E-state index contributed by atoms with van der Waals surface area (Å²) in [6, 6.07) is 6.77. The van der Waals surface area contributed by atoms with Gasteiger partial charge in [-0.25, -0.2) is 13.1 Å². The minimum atomic E-state index is -3.39. The molecule has 0 saturated carbocycles. The Bertz CT molecular complexity index is 481. The minimum Gasteiger partial charge on any atom is -0.327 e. The molecule has 0 bridgehead atoms. The van der Waals surface area contributed by atoms with Gasteiger partial charge in [0.2, 0.25) is 10.0 Å². The van der Waals surface area contributed by atoms with Gasteiger partial charge in [0.05, 0.1) is 4.90 Å². The summed E-state index contributed by atoms with van der Waals surface area (Å²) in [5.74, 6) is 0. The molecule has 0 spiro atoms.